The van der Waals surface area contributed by atoms with Crippen molar-refractivity contribution < 1.29 is 0 Å². The van der Waals surface area contributed by atoms with E-state index < -0.39 is 0 Å². The van der Waals surface area contributed by atoms with E-state index in [4.69, 9.17) is 11.6 Å². The molecule has 1 N–H and O–H groups in total. The fourth-order valence-electron chi connectivity index (χ4n) is 3.04. The van der Waals surface area contributed by atoms with Gasteiger partial charge in [0.25, 0.3) is 0 Å². The Labute approximate surface area is 127 Å². The van der Waals surface area contributed by atoms with Crippen LogP contribution in [-0.4, -0.2) is 16.5 Å². The zero-order chi connectivity index (χ0) is 14.5. The smallest absolute Gasteiger partial charge is 0.138 e. The van der Waals surface area contributed by atoms with Gasteiger partial charge in [-0.1, -0.05) is 58.1 Å². The summed E-state index contributed by atoms with van der Waals surface area (Å²) in [7, 11) is 0. The lowest BCUT2D eigenvalue weighted by Crippen LogP contribution is -2.16. The van der Waals surface area contributed by atoms with Gasteiger partial charge >= 0.3 is 0 Å². The van der Waals surface area contributed by atoms with Gasteiger partial charge in [-0.2, -0.15) is 0 Å². The van der Waals surface area contributed by atoms with Gasteiger partial charge < -0.3 is 5.32 Å². The van der Waals surface area contributed by atoms with Crippen LogP contribution in [0, 0.1) is 11.8 Å². The van der Waals surface area contributed by atoms with E-state index in [1.807, 2.05) is 0 Å². The third kappa shape index (κ3) is 4.08. The van der Waals surface area contributed by atoms with Crippen LogP contribution in [0.2, 0.25) is 5.15 Å². The van der Waals surface area contributed by atoms with Crippen molar-refractivity contribution in [3.8, 4) is 0 Å². The zero-order valence-electron chi connectivity index (χ0n) is 12.8. The predicted octanol–water partition coefficient (Wildman–Crippen LogP) is 4.88. The molecule has 0 atom stereocenters. The first kappa shape index (κ1) is 15.6. The molecule has 1 aliphatic carbocycles. The van der Waals surface area contributed by atoms with Crippen molar-refractivity contribution in [1.82, 2.24) is 9.97 Å². The fourth-order valence-corrected chi connectivity index (χ4v) is 3.39. The Bertz CT molecular complexity index is 426. The monoisotopic (exact) mass is 295 g/mol. The van der Waals surface area contributed by atoms with Crippen LogP contribution in [0.1, 0.15) is 64.4 Å². The van der Waals surface area contributed by atoms with Crippen LogP contribution in [0.5, 0.6) is 0 Å². The molecule has 1 aromatic heterocycles. The minimum Gasteiger partial charge on any atom is -0.370 e. The molecule has 0 aromatic carbocycles. The van der Waals surface area contributed by atoms with Gasteiger partial charge in [0, 0.05) is 12.1 Å². The van der Waals surface area contributed by atoms with Crippen LogP contribution >= 0.6 is 11.6 Å². The molecule has 0 amide bonds. The minimum atomic E-state index is 0.335. The van der Waals surface area contributed by atoms with Gasteiger partial charge in [0.2, 0.25) is 0 Å². The molecule has 1 fully saturated rings. The Morgan fingerprint density at radius 1 is 1.25 bits per heavy atom. The summed E-state index contributed by atoms with van der Waals surface area (Å²) in [5, 5.41) is 4.03. The Morgan fingerprint density at radius 2 is 1.95 bits per heavy atom. The second kappa shape index (κ2) is 7.26. The number of nitrogens with one attached hydrogen (secondary N) is 1. The summed E-state index contributed by atoms with van der Waals surface area (Å²) in [6, 6.07) is 0. The molecule has 3 nitrogen and oxygen atoms in total. The molecule has 1 aliphatic rings. The normalized spacial score (nSPS) is 23.1. The van der Waals surface area contributed by atoms with E-state index in [0.29, 0.717) is 11.1 Å². The maximum Gasteiger partial charge on any atom is 0.138 e. The summed E-state index contributed by atoms with van der Waals surface area (Å²) in [5.74, 6) is 3.04. The van der Waals surface area contributed by atoms with E-state index in [9.17, 15) is 0 Å². The molecule has 0 aliphatic heterocycles. The molecule has 0 unspecified atom stereocenters. The molecule has 0 saturated heterocycles. The van der Waals surface area contributed by atoms with E-state index in [2.05, 4.69) is 36.1 Å². The molecule has 4 heteroatoms. The van der Waals surface area contributed by atoms with Gasteiger partial charge in [0.05, 0.1) is 0 Å². The van der Waals surface area contributed by atoms with Crippen LogP contribution in [0.15, 0.2) is 6.33 Å². The van der Waals surface area contributed by atoms with E-state index in [0.717, 1.165) is 29.8 Å². The van der Waals surface area contributed by atoms with Gasteiger partial charge in [-0.05, 0) is 24.2 Å². The lowest BCUT2D eigenvalue weighted by Gasteiger charge is -2.26. The topological polar surface area (TPSA) is 37.8 Å². The maximum absolute atomic E-state index is 6.18. The number of nitrogens with zero attached hydrogens (tertiary/aromatic N) is 2. The number of hydrogen-bond donors (Lipinski definition) is 1. The van der Waals surface area contributed by atoms with Gasteiger partial charge in [-0.25, -0.2) is 9.97 Å². The largest absolute Gasteiger partial charge is 0.370 e. The van der Waals surface area contributed by atoms with E-state index in [-0.39, 0.29) is 0 Å². The van der Waals surface area contributed by atoms with E-state index in [1.165, 1.54) is 32.1 Å². The molecule has 1 aromatic rings. The fraction of sp³-hybridized carbons (Fsp3) is 0.750. The Morgan fingerprint density at radius 3 is 2.60 bits per heavy atom. The van der Waals surface area contributed by atoms with Crippen molar-refractivity contribution in [2.45, 2.75) is 58.8 Å². The minimum absolute atomic E-state index is 0.335. The van der Waals surface area contributed by atoms with Gasteiger partial charge in [0.15, 0.2) is 0 Å². The molecule has 0 spiro atoms. The third-order valence-corrected chi connectivity index (χ3v) is 4.69. The van der Waals surface area contributed by atoms with Crippen molar-refractivity contribution in [2.75, 3.05) is 11.9 Å². The first-order chi connectivity index (χ1) is 9.58. The summed E-state index contributed by atoms with van der Waals surface area (Å²) in [6.07, 6.45) is 8.31. The van der Waals surface area contributed by atoms with Gasteiger partial charge in [-0.3, -0.25) is 0 Å². The standard InChI is InChI=1S/C16H26ClN3/c1-11(2)14-15(17)19-10-20-16(14)18-9-8-13-6-4-12(3)5-7-13/h10-13H,4-9H2,1-3H3,(H,18,19,20). The number of hydrogen-bond acceptors (Lipinski definition) is 3. The van der Waals surface area contributed by atoms with Crippen LogP contribution in [0.4, 0.5) is 5.82 Å². The van der Waals surface area contributed by atoms with E-state index >= 15 is 0 Å². The lowest BCUT2D eigenvalue weighted by atomic mass is 9.81. The highest BCUT2D eigenvalue weighted by atomic mass is 35.5. The second-order valence-corrected chi connectivity index (χ2v) is 6.78. The number of anilines is 1. The summed E-state index contributed by atoms with van der Waals surface area (Å²) >= 11 is 6.18. The quantitative estimate of drug-likeness (QED) is 0.787. The number of rotatable bonds is 5. The molecule has 112 valence electrons. The number of aromatic nitrogens is 2. The molecule has 1 saturated carbocycles. The van der Waals surface area contributed by atoms with Gasteiger partial charge in [-0.15, -0.1) is 0 Å². The third-order valence-electron chi connectivity index (χ3n) is 4.39. The lowest BCUT2D eigenvalue weighted by molar-refractivity contribution is 0.282. The Hall–Kier alpha value is -0.830. The molecule has 0 radical (unpaired) electrons. The van der Waals surface area contributed by atoms with Crippen LogP contribution in [0.25, 0.3) is 0 Å². The molecule has 0 bridgehead atoms. The molecule has 1 heterocycles. The molecule has 20 heavy (non-hydrogen) atoms. The average Bonchev–Trinajstić information content (AvgIpc) is 2.40. The molecular weight excluding hydrogens is 270 g/mol. The highest BCUT2D eigenvalue weighted by Crippen LogP contribution is 2.31. The Kier molecular flexibility index (Phi) is 5.64. The highest BCUT2D eigenvalue weighted by Gasteiger charge is 2.18. The van der Waals surface area contributed by atoms with Crippen molar-refractivity contribution in [2.24, 2.45) is 11.8 Å². The van der Waals surface area contributed by atoms with Crippen molar-refractivity contribution in [3.05, 3.63) is 17.0 Å². The highest BCUT2D eigenvalue weighted by molar-refractivity contribution is 6.30. The predicted molar refractivity (Wildman–Crippen MR) is 85.4 cm³/mol. The van der Waals surface area contributed by atoms with Crippen molar-refractivity contribution in [3.63, 3.8) is 0 Å². The van der Waals surface area contributed by atoms with Crippen LogP contribution < -0.4 is 5.32 Å². The average molecular weight is 296 g/mol. The SMILES string of the molecule is CC1CCC(CCNc2ncnc(Cl)c2C(C)C)CC1. The van der Waals surface area contributed by atoms with Crippen LogP contribution in [0.3, 0.4) is 0 Å². The maximum atomic E-state index is 6.18. The summed E-state index contributed by atoms with van der Waals surface area (Å²) in [5.41, 5.74) is 1.03. The zero-order valence-corrected chi connectivity index (χ0v) is 13.6. The summed E-state index contributed by atoms with van der Waals surface area (Å²) in [6.45, 7) is 7.59. The van der Waals surface area contributed by atoms with E-state index in [1.54, 1.807) is 6.33 Å². The van der Waals surface area contributed by atoms with Gasteiger partial charge in [0.1, 0.15) is 17.3 Å². The van der Waals surface area contributed by atoms with Crippen LogP contribution in [-0.2, 0) is 0 Å². The first-order valence-electron chi connectivity index (χ1n) is 7.82. The summed E-state index contributed by atoms with van der Waals surface area (Å²) < 4.78 is 0. The summed E-state index contributed by atoms with van der Waals surface area (Å²) in [4.78, 5) is 8.43. The molecular formula is C16H26ClN3. The van der Waals surface area contributed by atoms with Crippen molar-refractivity contribution >= 4 is 17.4 Å². The Balaban J connectivity index is 1.86. The first-order valence-corrected chi connectivity index (χ1v) is 8.20. The van der Waals surface area contributed by atoms with Crippen molar-refractivity contribution in [1.29, 1.82) is 0 Å². The molecule has 2 rings (SSSR count). The second-order valence-electron chi connectivity index (χ2n) is 6.42. The number of halogens is 1.